The van der Waals surface area contributed by atoms with E-state index in [-0.39, 0.29) is 29.8 Å². The molecule has 0 spiro atoms. The first-order valence-corrected chi connectivity index (χ1v) is 6.20. The molecular formula is C12H17N3O3. The summed E-state index contributed by atoms with van der Waals surface area (Å²) in [6.07, 6.45) is 3.69. The van der Waals surface area contributed by atoms with Crippen LogP contribution < -0.4 is 5.56 Å². The van der Waals surface area contributed by atoms with Gasteiger partial charge in [-0.2, -0.15) is 5.10 Å². The van der Waals surface area contributed by atoms with Crippen molar-refractivity contribution in [1.82, 2.24) is 15.1 Å². The third-order valence-corrected chi connectivity index (χ3v) is 3.23. The number of nitrogens with one attached hydrogen (secondary N) is 1. The van der Waals surface area contributed by atoms with Gasteiger partial charge in [0.2, 0.25) is 0 Å². The van der Waals surface area contributed by atoms with Gasteiger partial charge in [-0.25, -0.2) is 5.10 Å². The number of nitrogens with zero attached hydrogens (tertiary/aromatic N) is 2. The molecule has 0 unspecified atom stereocenters. The summed E-state index contributed by atoms with van der Waals surface area (Å²) in [5, 5.41) is 14.9. The third-order valence-electron chi connectivity index (χ3n) is 3.23. The average Bonchev–Trinajstić information content (AvgIpc) is 2.32. The van der Waals surface area contributed by atoms with Crippen LogP contribution in [0.15, 0.2) is 16.9 Å². The number of rotatable bonds is 5. The Kier molecular flexibility index (Phi) is 4.09. The number of carbonyl (C=O) groups excluding carboxylic acids is 1. The van der Waals surface area contributed by atoms with E-state index in [9.17, 15) is 9.59 Å². The number of hydrogen-bond acceptors (Lipinski definition) is 4. The molecule has 1 amide bonds. The molecule has 1 aromatic heterocycles. The second kappa shape index (κ2) is 5.77. The van der Waals surface area contributed by atoms with E-state index < -0.39 is 0 Å². The van der Waals surface area contributed by atoms with Gasteiger partial charge in [-0.1, -0.05) is 0 Å². The molecular weight excluding hydrogens is 234 g/mol. The summed E-state index contributed by atoms with van der Waals surface area (Å²) in [6.45, 7) is 0.594. The molecule has 98 valence electrons. The summed E-state index contributed by atoms with van der Waals surface area (Å²) in [7, 11) is 0. The molecule has 1 aromatic rings. The molecule has 18 heavy (non-hydrogen) atoms. The van der Waals surface area contributed by atoms with Crippen LogP contribution in [-0.4, -0.2) is 45.3 Å². The van der Waals surface area contributed by atoms with Crippen molar-refractivity contribution >= 4 is 5.91 Å². The average molecular weight is 251 g/mol. The molecule has 1 aliphatic rings. The molecule has 1 saturated carbocycles. The predicted octanol–water partition coefficient (Wildman–Crippen LogP) is 0.147. The summed E-state index contributed by atoms with van der Waals surface area (Å²) >= 11 is 0. The maximum Gasteiger partial charge on any atom is 0.274 e. The summed E-state index contributed by atoms with van der Waals surface area (Å²) in [5.41, 5.74) is -0.0726. The van der Waals surface area contributed by atoms with Crippen LogP contribution in [0.2, 0.25) is 0 Å². The van der Waals surface area contributed by atoms with Gasteiger partial charge in [0.05, 0.1) is 0 Å². The van der Waals surface area contributed by atoms with Gasteiger partial charge in [0.15, 0.2) is 0 Å². The Hall–Kier alpha value is -1.69. The lowest BCUT2D eigenvalue weighted by atomic mass is 9.91. The predicted molar refractivity (Wildman–Crippen MR) is 65.2 cm³/mol. The number of aliphatic hydroxyl groups excluding tert-OH is 1. The largest absolute Gasteiger partial charge is 0.396 e. The van der Waals surface area contributed by atoms with Crippen LogP contribution >= 0.6 is 0 Å². The number of carbonyl (C=O) groups is 1. The third kappa shape index (κ3) is 2.76. The van der Waals surface area contributed by atoms with E-state index in [1.54, 1.807) is 4.90 Å². The lowest BCUT2D eigenvalue weighted by Crippen LogP contribution is -2.45. The van der Waals surface area contributed by atoms with Gasteiger partial charge in [-0.3, -0.25) is 9.59 Å². The molecule has 0 aromatic carbocycles. The molecule has 6 heteroatoms. The van der Waals surface area contributed by atoms with Gasteiger partial charge >= 0.3 is 0 Å². The van der Waals surface area contributed by atoms with Crippen LogP contribution in [0.4, 0.5) is 0 Å². The minimum absolute atomic E-state index is 0.0650. The number of amides is 1. The Morgan fingerprint density at radius 1 is 1.50 bits per heavy atom. The minimum Gasteiger partial charge on any atom is -0.396 e. The van der Waals surface area contributed by atoms with Crippen molar-refractivity contribution < 1.29 is 9.90 Å². The van der Waals surface area contributed by atoms with Crippen molar-refractivity contribution in [1.29, 1.82) is 0 Å². The van der Waals surface area contributed by atoms with Gasteiger partial charge in [-0.15, -0.1) is 0 Å². The van der Waals surface area contributed by atoms with E-state index in [1.165, 1.54) is 12.1 Å². The molecule has 0 atom stereocenters. The molecule has 0 radical (unpaired) electrons. The summed E-state index contributed by atoms with van der Waals surface area (Å²) in [5.74, 6) is -0.176. The Morgan fingerprint density at radius 3 is 2.78 bits per heavy atom. The zero-order valence-corrected chi connectivity index (χ0v) is 10.1. The molecule has 6 nitrogen and oxygen atoms in total. The first-order chi connectivity index (χ1) is 8.72. The first-order valence-electron chi connectivity index (χ1n) is 6.20. The van der Waals surface area contributed by atoms with E-state index in [0.717, 1.165) is 19.3 Å². The second-order valence-corrected chi connectivity index (χ2v) is 4.47. The molecule has 2 rings (SSSR count). The maximum atomic E-state index is 12.3. The Labute approximate surface area is 105 Å². The van der Waals surface area contributed by atoms with E-state index in [2.05, 4.69) is 10.2 Å². The molecule has 0 bridgehead atoms. The van der Waals surface area contributed by atoms with E-state index >= 15 is 0 Å². The molecule has 0 aliphatic heterocycles. The Balaban J connectivity index is 2.11. The SMILES string of the molecule is O=C(c1ccc(=O)[nH]n1)N(CCCO)C1CCC1. The molecule has 1 heterocycles. The number of aliphatic hydroxyl groups is 1. The highest BCUT2D eigenvalue weighted by atomic mass is 16.3. The minimum atomic E-state index is -0.322. The molecule has 1 aliphatic carbocycles. The summed E-state index contributed by atoms with van der Waals surface area (Å²) in [4.78, 5) is 24.9. The van der Waals surface area contributed by atoms with Gasteiger partial charge < -0.3 is 10.0 Å². The number of H-pyrrole nitrogens is 1. The molecule has 2 N–H and O–H groups in total. The summed E-state index contributed by atoms with van der Waals surface area (Å²) in [6, 6.07) is 2.98. The fraction of sp³-hybridized carbons (Fsp3) is 0.583. The lowest BCUT2D eigenvalue weighted by Gasteiger charge is -2.37. The Bertz CT molecular complexity index is 447. The van der Waals surface area contributed by atoms with E-state index in [1.807, 2.05) is 0 Å². The smallest absolute Gasteiger partial charge is 0.274 e. The van der Waals surface area contributed by atoms with Gasteiger partial charge in [0, 0.05) is 25.3 Å². The standard InChI is InChI=1S/C12H17N3O3/c16-8-2-7-15(9-3-1-4-9)12(18)10-5-6-11(17)14-13-10/h5-6,9,16H,1-4,7-8H2,(H,14,17). The molecule has 1 fully saturated rings. The normalized spacial score (nSPS) is 15.2. The van der Waals surface area contributed by atoms with Crippen molar-refractivity contribution in [3.63, 3.8) is 0 Å². The number of hydrogen-bond donors (Lipinski definition) is 2. The Morgan fingerprint density at radius 2 is 2.28 bits per heavy atom. The van der Waals surface area contributed by atoms with Crippen molar-refractivity contribution in [3.05, 3.63) is 28.2 Å². The van der Waals surface area contributed by atoms with Crippen molar-refractivity contribution in [2.75, 3.05) is 13.2 Å². The first kappa shape index (κ1) is 12.8. The van der Waals surface area contributed by atoms with Gasteiger partial charge in [0.25, 0.3) is 11.5 Å². The van der Waals surface area contributed by atoms with Crippen LogP contribution in [0, 0.1) is 0 Å². The lowest BCUT2D eigenvalue weighted by molar-refractivity contribution is 0.0555. The number of aromatic nitrogens is 2. The van der Waals surface area contributed by atoms with Crippen LogP contribution in [0.5, 0.6) is 0 Å². The van der Waals surface area contributed by atoms with E-state index in [4.69, 9.17) is 5.11 Å². The number of aromatic amines is 1. The van der Waals surface area contributed by atoms with Crippen LogP contribution in [0.25, 0.3) is 0 Å². The highest BCUT2D eigenvalue weighted by Crippen LogP contribution is 2.25. The second-order valence-electron chi connectivity index (χ2n) is 4.47. The molecule has 0 saturated heterocycles. The monoisotopic (exact) mass is 251 g/mol. The highest BCUT2D eigenvalue weighted by molar-refractivity contribution is 5.92. The topological polar surface area (TPSA) is 86.3 Å². The summed E-state index contributed by atoms with van der Waals surface area (Å²) < 4.78 is 0. The maximum absolute atomic E-state index is 12.3. The van der Waals surface area contributed by atoms with Crippen LogP contribution in [0.1, 0.15) is 36.2 Å². The zero-order chi connectivity index (χ0) is 13.0. The van der Waals surface area contributed by atoms with E-state index in [0.29, 0.717) is 13.0 Å². The van der Waals surface area contributed by atoms with Crippen molar-refractivity contribution in [3.8, 4) is 0 Å². The van der Waals surface area contributed by atoms with Gasteiger partial charge in [0.1, 0.15) is 5.69 Å². The highest BCUT2D eigenvalue weighted by Gasteiger charge is 2.29. The quantitative estimate of drug-likeness (QED) is 0.779. The van der Waals surface area contributed by atoms with Crippen molar-refractivity contribution in [2.24, 2.45) is 0 Å². The van der Waals surface area contributed by atoms with Crippen LogP contribution in [-0.2, 0) is 0 Å². The van der Waals surface area contributed by atoms with Crippen LogP contribution in [0.3, 0.4) is 0 Å². The van der Waals surface area contributed by atoms with Gasteiger partial charge in [-0.05, 0) is 31.7 Å². The fourth-order valence-corrected chi connectivity index (χ4v) is 2.00. The van der Waals surface area contributed by atoms with Crippen molar-refractivity contribution in [2.45, 2.75) is 31.7 Å². The fourth-order valence-electron chi connectivity index (χ4n) is 2.00. The zero-order valence-electron chi connectivity index (χ0n) is 10.1.